The first-order valence-corrected chi connectivity index (χ1v) is 12.9. The fourth-order valence-corrected chi connectivity index (χ4v) is 4.59. The Morgan fingerprint density at radius 2 is 2.08 bits per heavy atom. The molecule has 0 unspecified atom stereocenters. The van der Waals surface area contributed by atoms with E-state index in [9.17, 15) is 18.4 Å². The Morgan fingerprint density at radius 1 is 1.27 bits per heavy atom. The largest absolute Gasteiger partial charge is 0.493 e. The van der Waals surface area contributed by atoms with Gasteiger partial charge in [-0.15, -0.1) is 0 Å². The number of rotatable bonds is 10. The smallest absolute Gasteiger partial charge is 0.246 e. The zero-order valence-corrected chi connectivity index (χ0v) is 22.4. The van der Waals surface area contributed by atoms with Crippen LogP contribution in [0.25, 0.3) is 10.9 Å². The quantitative estimate of drug-likeness (QED) is 0.190. The van der Waals surface area contributed by atoms with Crippen LogP contribution in [0.1, 0.15) is 19.3 Å². The molecule has 13 heteroatoms. The molecule has 212 valence electrons. The molecule has 0 saturated carbocycles. The molecule has 0 aliphatic carbocycles. The summed E-state index contributed by atoms with van der Waals surface area (Å²) < 4.78 is 40.0. The Kier molecular flexibility index (Phi) is 9.33. The van der Waals surface area contributed by atoms with Gasteiger partial charge < -0.3 is 30.1 Å². The number of carbonyl (C=O) groups excluding carboxylic acids is 2. The molecule has 3 N–H and O–H groups in total. The molecule has 1 saturated heterocycles. The number of aromatic nitrogens is 2. The summed E-state index contributed by atoms with van der Waals surface area (Å²) in [5, 5.41) is 14.4. The maximum absolute atomic E-state index is 14.6. The third-order valence-electron chi connectivity index (χ3n) is 6.45. The van der Waals surface area contributed by atoms with Gasteiger partial charge in [-0.25, -0.2) is 18.7 Å². The molecule has 40 heavy (non-hydrogen) atoms. The summed E-state index contributed by atoms with van der Waals surface area (Å²) in [7, 11) is 1.47. The number of benzene rings is 2. The van der Waals surface area contributed by atoms with Gasteiger partial charge in [0, 0.05) is 44.0 Å². The average molecular weight is 576 g/mol. The van der Waals surface area contributed by atoms with E-state index in [1.165, 1.54) is 24.4 Å². The van der Waals surface area contributed by atoms with E-state index in [1.54, 1.807) is 12.1 Å². The van der Waals surface area contributed by atoms with Crippen molar-refractivity contribution < 1.29 is 33.0 Å². The van der Waals surface area contributed by atoms with E-state index in [1.807, 2.05) is 0 Å². The lowest BCUT2D eigenvalue weighted by atomic mass is 9.98. The van der Waals surface area contributed by atoms with Crippen LogP contribution in [0.3, 0.4) is 0 Å². The number of hydrogen-bond donors (Lipinski definition) is 3. The molecule has 2 atom stereocenters. The van der Waals surface area contributed by atoms with Crippen LogP contribution >= 0.6 is 11.6 Å². The van der Waals surface area contributed by atoms with Gasteiger partial charge in [-0.05, 0) is 30.7 Å². The highest BCUT2D eigenvalue weighted by molar-refractivity contribution is 6.31. The maximum Gasteiger partial charge on any atom is 0.246 e. The summed E-state index contributed by atoms with van der Waals surface area (Å²) in [6.07, 6.45) is 2.98. The van der Waals surface area contributed by atoms with E-state index in [0.717, 1.165) is 12.1 Å². The van der Waals surface area contributed by atoms with Gasteiger partial charge in [0.05, 0.1) is 18.3 Å². The summed E-state index contributed by atoms with van der Waals surface area (Å²) in [5.74, 6) is -1.69. The Balaban J connectivity index is 1.62. The Morgan fingerprint density at radius 3 is 2.80 bits per heavy atom. The number of ether oxygens (including phenoxy) is 2. The van der Waals surface area contributed by atoms with E-state index in [2.05, 4.69) is 27.2 Å². The summed E-state index contributed by atoms with van der Waals surface area (Å²) >= 11 is 5.72. The minimum absolute atomic E-state index is 0.0743. The molecule has 2 aromatic carbocycles. The van der Waals surface area contributed by atoms with Crippen molar-refractivity contribution in [1.29, 1.82) is 0 Å². The van der Waals surface area contributed by atoms with Gasteiger partial charge >= 0.3 is 0 Å². The fourth-order valence-electron chi connectivity index (χ4n) is 4.42. The monoisotopic (exact) mass is 575 g/mol. The first kappa shape index (κ1) is 29.0. The number of anilines is 2. The zero-order valence-electron chi connectivity index (χ0n) is 21.6. The number of likely N-dealkylation sites (tertiary alicyclic amines) is 1. The molecule has 1 aliphatic heterocycles. The predicted octanol–water partition coefficient (Wildman–Crippen LogP) is 3.74. The van der Waals surface area contributed by atoms with Gasteiger partial charge in [-0.1, -0.05) is 18.2 Å². The molecule has 1 aliphatic rings. The first-order chi connectivity index (χ1) is 19.3. The summed E-state index contributed by atoms with van der Waals surface area (Å²) in [6, 6.07) is 4.68. The highest BCUT2D eigenvalue weighted by atomic mass is 35.5. The van der Waals surface area contributed by atoms with Gasteiger partial charge in [0.25, 0.3) is 0 Å². The number of aliphatic hydroxyl groups excluding tert-OH is 1. The predicted molar refractivity (Wildman–Crippen MR) is 145 cm³/mol. The number of aliphatic hydroxyl groups is 1. The van der Waals surface area contributed by atoms with E-state index >= 15 is 0 Å². The first-order valence-electron chi connectivity index (χ1n) is 12.5. The molecule has 2 amide bonds. The summed E-state index contributed by atoms with van der Waals surface area (Å²) in [5.41, 5.74) is 0.377. The van der Waals surface area contributed by atoms with Crippen molar-refractivity contribution in [3.8, 4) is 11.5 Å². The molecule has 4 rings (SSSR count). The highest BCUT2D eigenvalue weighted by Gasteiger charge is 2.36. The van der Waals surface area contributed by atoms with Gasteiger partial charge in [-0.3, -0.25) is 9.59 Å². The number of carbonyl (C=O) groups is 2. The van der Waals surface area contributed by atoms with Crippen molar-refractivity contribution in [3.05, 3.63) is 59.9 Å². The molecule has 1 fully saturated rings. The van der Waals surface area contributed by atoms with Crippen LogP contribution in [0.15, 0.2) is 43.2 Å². The number of fused-ring (bicyclic) bond motifs is 1. The van der Waals surface area contributed by atoms with Gasteiger partial charge in [0.1, 0.15) is 35.1 Å². The van der Waals surface area contributed by atoms with Gasteiger partial charge in [0.2, 0.25) is 11.8 Å². The van der Waals surface area contributed by atoms with Crippen LogP contribution < -0.4 is 20.1 Å². The van der Waals surface area contributed by atoms with Crippen molar-refractivity contribution in [2.45, 2.75) is 31.4 Å². The van der Waals surface area contributed by atoms with Crippen molar-refractivity contribution in [3.63, 3.8) is 0 Å². The minimum Gasteiger partial charge on any atom is -0.493 e. The molecule has 0 bridgehead atoms. The normalized spacial score (nSPS) is 16.9. The second kappa shape index (κ2) is 12.9. The van der Waals surface area contributed by atoms with E-state index in [-0.39, 0.29) is 49.4 Å². The van der Waals surface area contributed by atoms with Crippen LogP contribution in [0.2, 0.25) is 5.02 Å². The minimum atomic E-state index is -0.970. The molecule has 0 spiro atoms. The molecule has 3 aromatic rings. The third kappa shape index (κ3) is 6.23. The second-order valence-electron chi connectivity index (χ2n) is 8.97. The SMILES string of the molecule is C=CC(=O)N1CC[C@H](Oc2cc3c(Nc4ccc(F)c(Cl)c4F)ncnc3cc2OC)C[C@H]1C(=O)NCCCO. The number of piperidine rings is 1. The van der Waals surface area contributed by atoms with Crippen LogP contribution in [0.5, 0.6) is 11.5 Å². The Bertz CT molecular complexity index is 1430. The molecule has 1 aromatic heterocycles. The van der Waals surface area contributed by atoms with E-state index < -0.39 is 28.8 Å². The summed E-state index contributed by atoms with van der Waals surface area (Å²) in [6.45, 7) is 3.97. The lowest BCUT2D eigenvalue weighted by Crippen LogP contribution is -2.55. The van der Waals surface area contributed by atoms with Gasteiger partial charge in [0.15, 0.2) is 17.3 Å². The lowest BCUT2D eigenvalue weighted by molar-refractivity contribution is -0.140. The molecule has 2 heterocycles. The number of methoxy groups -OCH3 is 1. The zero-order chi connectivity index (χ0) is 28.8. The van der Waals surface area contributed by atoms with E-state index in [4.69, 9.17) is 26.2 Å². The molecular weight excluding hydrogens is 548 g/mol. The standard InChI is InChI=1S/C27H28ClF2N5O5/c1-3-23(37)35-9-7-15(11-20(35)27(38)31-8-4-10-36)40-22-12-16-19(13-21(22)39-2)32-14-33-26(16)34-18-6-5-17(29)24(28)25(18)30/h3,5-6,12-15,20,36H,1,4,7-11H2,2H3,(H,31,38)(H,32,33,34)/t15-,20-/m0/s1. The number of hydrogen-bond acceptors (Lipinski definition) is 8. The number of halogens is 3. The van der Waals surface area contributed by atoms with Crippen molar-refractivity contribution >= 4 is 45.8 Å². The number of nitrogens with zero attached hydrogens (tertiary/aromatic N) is 3. The summed E-state index contributed by atoms with van der Waals surface area (Å²) in [4.78, 5) is 35.2. The van der Waals surface area contributed by atoms with Gasteiger partial charge in [-0.2, -0.15) is 0 Å². The maximum atomic E-state index is 14.6. The average Bonchev–Trinajstić information content (AvgIpc) is 2.97. The Labute approximate surface area is 233 Å². The van der Waals surface area contributed by atoms with Crippen LogP contribution in [0.4, 0.5) is 20.3 Å². The number of amides is 2. The van der Waals surface area contributed by atoms with E-state index in [0.29, 0.717) is 35.2 Å². The van der Waals surface area contributed by atoms with Crippen LogP contribution in [-0.2, 0) is 9.59 Å². The second-order valence-corrected chi connectivity index (χ2v) is 9.35. The molecule has 10 nitrogen and oxygen atoms in total. The number of nitrogens with one attached hydrogen (secondary N) is 2. The molecule has 0 radical (unpaired) electrons. The van der Waals surface area contributed by atoms with Crippen molar-refractivity contribution in [2.75, 3.05) is 32.1 Å². The topological polar surface area (TPSA) is 126 Å². The Hall–Kier alpha value is -4.03. The lowest BCUT2D eigenvalue weighted by Gasteiger charge is -2.38. The van der Waals surface area contributed by atoms with Crippen molar-refractivity contribution in [2.24, 2.45) is 0 Å². The third-order valence-corrected chi connectivity index (χ3v) is 6.80. The van der Waals surface area contributed by atoms with Crippen LogP contribution in [-0.4, -0.2) is 70.7 Å². The van der Waals surface area contributed by atoms with Crippen molar-refractivity contribution in [1.82, 2.24) is 20.2 Å². The fraction of sp³-hybridized carbons (Fsp3) is 0.333. The molecular formula is C27H28ClF2N5O5. The van der Waals surface area contributed by atoms with Crippen LogP contribution in [0, 0.1) is 11.6 Å². The highest BCUT2D eigenvalue weighted by Crippen LogP contribution is 2.37.